The Morgan fingerprint density at radius 2 is 1.83 bits per heavy atom. The van der Waals surface area contributed by atoms with Gasteiger partial charge in [0.25, 0.3) is 5.91 Å². The summed E-state index contributed by atoms with van der Waals surface area (Å²) in [5.41, 5.74) is 2.71. The number of rotatable bonds is 6. The van der Waals surface area contributed by atoms with E-state index in [1.165, 1.54) is 13.0 Å². The molecule has 1 aliphatic heterocycles. The largest absolute Gasteiger partial charge is 0.482 e. The quantitative estimate of drug-likeness (QED) is 0.729. The van der Waals surface area contributed by atoms with Crippen LogP contribution in [0.1, 0.15) is 44.2 Å². The molecule has 0 aromatic heterocycles. The first-order valence-corrected chi connectivity index (χ1v) is 11.3. The molecule has 1 heterocycles. The summed E-state index contributed by atoms with van der Waals surface area (Å²) in [7, 11) is -3.78. The van der Waals surface area contributed by atoms with Crippen molar-refractivity contribution in [3.05, 3.63) is 47.5 Å². The van der Waals surface area contributed by atoms with Gasteiger partial charge in [-0.3, -0.25) is 9.59 Å². The van der Waals surface area contributed by atoms with Gasteiger partial charge in [0.15, 0.2) is 16.4 Å². The lowest BCUT2D eigenvalue weighted by Gasteiger charge is -2.21. The molecule has 0 radical (unpaired) electrons. The van der Waals surface area contributed by atoms with Crippen LogP contribution in [-0.4, -0.2) is 32.1 Å². The third-order valence-corrected chi connectivity index (χ3v) is 7.36. The lowest BCUT2D eigenvalue weighted by molar-refractivity contribution is -0.118. The summed E-state index contributed by atoms with van der Waals surface area (Å²) in [4.78, 5) is 24.0. The Morgan fingerprint density at radius 1 is 1.17 bits per heavy atom. The second kappa shape index (κ2) is 8.47. The van der Waals surface area contributed by atoms with Gasteiger partial charge in [-0.1, -0.05) is 26.0 Å². The number of amides is 2. The standard InChI is InChI=1S/C22H26N2O5S/c1-13(2)16-5-7-17(8-6-16)23-21(25)10-15(4)30(27,28)20-11-19-18(9-14(20)3)24-22(26)12-29-19/h5-9,11,13,15H,10,12H2,1-4H3,(H,23,25)(H,24,26). The number of carbonyl (C=O) groups is 2. The van der Waals surface area contributed by atoms with Crippen molar-refractivity contribution in [1.82, 2.24) is 0 Å². The highest BCUT2D eigenvalue weighted by atomic mass is 32.2. The molecule has 1 unspecified atom stereocenters. The van der Waals surface area contributed by atoms with Crippen LogP contribution in [0.15, 0.2) is 41.3 Å². The van der Waals surface area contributed by atoms with Crippen molar-refractivity contribution in [2.75, 3.05) is 17.2 Å². The van der Waals surface area contributed by atoms with E-state index in [4.69, 9.17) is 4.74 Å². The fraction of sp³-hybridized carbons (Fsp3) is 0.364. The molecule has 1 atom stereocenters. The Labute approximate surface area is 176 Å². The number of ether oxygens (including phenoxy) is 1. The molecule has 2 aromatic carbocycles. The van der Waals surface area contributed by atoms with Crippen LogP contribution in [0.4, 0.5) is 11.4 Å². The maximum absolute atomic E-state index is 13.1. The van der Waals surface area contributed by atoms with Crippen molar-refractivity contribution < 1.29 is 22.7 Å². The second-order valence-corrected chi connectivity index (χ2v) is 10.2. The highest BCUT2D eigenvalue weighted by molar-refractivity contribution is 7.92. The number of nitrogens with one attached hydrogen (secondary N) is 2. The average Bonchev–Trinajstić information content (AvgIpc) is 2.67. The van der Waals surface area contributed by atoms with Crippen LogP contribution in [0, 0.1) is 6.92 Å². The predicted molar refractivity (Wildman–Crippen MR) is 116 cm³/mol. The summed E-state index contributed by atoms with van der Waals surface area (Å²) in [5.74, 6) is 0.0317. The normalized spacial score (nSPS) is 14.5. The summed E-state index contributed by atoms with van der Waals surface area (Å²) in [6, 6.07) is 10.5. The minimum atomic E-state index is -3.78. The lowest BCUT2D eigenvalue weighted by Crippen LogP contribution is -2.27. The maximum atomic E-state index is 13.1. The van der Waals surface area contributed by atoms with Gasteiger partial charge >= 0.3 is 0 Å². The van der Waals surface area contributed by atoms with E-state index < -0.39 is 15.1 Å². The number of anilines is 2. The minimum absolute atomic E-state index is 0.0963. The predicted octanol–water partition coefficient (Wildman–Crippen LogP) is 3.64. The van der Waals surface area contributed by atoms with E-state index in [-0.39, 0.29) is 29.7 Å². The molecular formula is C22H26N2O5S. The third-order valence-electron chi connectivity index (χ3n) is 5.08. The highest BCUT2D eigenvalue weighted by Gasteiger charge is 2.29. The van der Waals surface area contributed by atoms with Crippen molar-refractivity contribution in [3.8, 4) is 5.75 Å². The monoisotopic (exact) mass is 430 g/mol. The molecule has 0 bridgehead atoms. The number of hydrogen-bond acceptors (Lipinski definition) is 5. The molecule has 0 spiro atoms. The molecule has 2 amide bonds. The molecule has 0 saturated carbocycles. The molecule has 0 aliphatic carbocycles. The van der Waals surface area contributed by atoms with E-state index in [2.05, 4.69) is 24.5 Å². The molecule has 3 rings (SSSR count). The van der Waals surface area contributed by atoms with Crippen LogP contribution in [0.5, 0.6) is 5.75 Å². The minimum Gasteiger partial charge on any atom is -0.482 e. The SMILES string of the molecule is Cc1cc2c(cc1S(=O)(=O)C(C)CC(=O)Nc1ccc(C(C)C)cc1)OCC(=O)N2. The molecule has 2 aromatic rings. The smallest absolute Gasteiger partial charge is 0.262 e. The van der Waals surface area contributed by atoms with Crippen molar-refractivity contribution in [2.45, 2.75) is 50.2 Å². The van der Waals surface area contributed by atoms with Crippen molar-refractivity contribution in [2.24, 2.45) is 0 Å². The molecule has 1 aliphatic rings. The Hall–Kier alpha value is -2.87. The number of carbonyl (C=O) groups excluding carboxylic acids is 2. The van der Waals surface area contributed by atoms with Gasteiger partial charge in [-0.15, -0.1) is 0 Å². The van der Waals surface area contributed by atoms with Crippen LogP contribution in [0.3, 0.4) is 0 Å². The van der Waals surface area contributed by atoms with E-state index in [1.54, 1.807) is 13.0 Å². The maximum Gasteiger partial charge on any atom is 0.262 e. The summed E-state index contributed by atoms with van der Waals surface area (Å²) >= 11 is 0. The van der Waals surface area contributed by atoms with E-state index in [1.807, 2.05) is 24.3 Å². The van der Waals surface area contributed by atoms with Crippen LogP contribution < -0.4 is 15.4 Å². The molecule has 8 heteroatoms. The zero-order chi connectivity index (χ0) is 22.1. The summed E-state index contributed by atoms with van der Waals surface area (Å²) < 4.78 is 31.5. The number of fused-ring (bicyclic) bond motifs is 1. The molecule has 2 N–H and O–H groups in total. The van der Waals surface area contributed by atoms with Gasteiger partial charge in [0.05, 0.1) is 15.8 Å². The van der Waals surface area contributed by atoms with Crippen molar-refractivity contribution in [1.29, 1.82) is 0 Å². The van der Waals surface area contributed by atoms with Gasteiger partial charge in [-0.05, 0) is 49.1 Å². The topological polar surface area (TPSA) is 102 Å². The van der Waals surface area contributed by atoms with Crippen LogP contribution >= 0.6 is 0 Å². The summed E-state index contributed by atoms with van der Waals surface area (Å²) in [5, 5.41) is 4.48. The van der Waals surface area contributed by atoms with E-state index >= 15 is 0 Å². The fourth-order valence-corrected chi connectivity index (χ4v) is 4.86. The zero-order valence-corrected chi connectivity index (χ0v) is 18.3. The number of aryl methyl sites for hydroxylation is 1. The Bertz CT molecular complexity index is 1080. The van der Waals surface area contributed by atoms with Gasteiger partial charge < -0.3 is 15.4 Å². The summed E-state index contributed by atoms with van der Waals surface area (Å²) in [6.45, 7) is 7.17. The van der Waals surface area contributed by atoms with Crippen molar-refractivity contribution in [3.63, 3.8) is 0 Å². The summed E-state index contributed by atoms with van der Waals surface area (Å²) in [6.07, 6.45) is -0.178. The number of hydrogen-bond donors (Lipinski definition) is 2. The van der Waals surface area contributed by atoms with Crippen molar-refractivity contribution >= 4 is 33.0 Å². The number of sulfone groups is 1. The average molecular weight is 431 g/mol. The molecule has 0 saturated heterocycles. The Morgan fingerprint density at radius 3 is 2.47 bits per heavy atom. The first-order valence-electron chi connectivity index (χ1n) is 9.79. The molecule has 7 nitrogen and oxygen atoms in total. The Kier molecular flexibility index (Phi) is 6.17. The second-order valence-electron chi connectivity index (χ2n) is 7.84. The van der Waals surface area contributed by atoms with Gasteiger partial charge in [0.2, 0.25) is 5.91 Å². The fourth-order valence-electron chi connectivity index (χ4n) is 3.27. The van der Waals surface area contributed by atoms with Gasteiger partial charge in [0.1, 0.15) is 5.75 Å². The Balaban J connectivity index is 1.73. The molecule has 0 fully saturated rings. The first-order chi connectivity index (χ1) is 14.1. The van der Waals surface area contributed by atoms with Gasteiger partial charge in [-0.25, -0.2) is 8.42 Å². The molecule has 160 valence electrons. The van der Waals surface area contributed by atoms with E-state index in [0.29, 0.717) is 28.6 Å². The first kappa shape index (κ1) is 21.8. The zero-order valence-electron chi connectivity index (χ0n) is 17.5. The van der Waals surface area contributed by atoms with Crippen LogP contribution in [0.2, 0.25) is 0 Å². The number of benzene rings is 2. The molecule has 30 heavy (non-hydrogen) atoms. The van der Waals surface area contributed by atoms with Gasteiger partial charge in [0, 0.05) is 18.2 Å². The van der Waals surface area contributed by atoms with Gasteiger partial charge in [-0.2, -0.15) is 0 Å². The van der Waals surface area contributed by atoms with E-state index in [9.17, 15) is 18.0 Å². The third kappa shape index (κ3) is 4.64. The van der Waals surface area contributed by atoms with Crippen LogP contribution in [0.25, 0.3) is 0 Å². The molecular weight excluding hydrogens is 404 g/mol. The lowest BCUT2D eigenvalue weighted by atomic mass is 10.0. The van der Waals surface area contributed by atoms with E-state index in [0.717, 1.165) is 5.56 Å². The highest BCUT2D eigenvalue weighted by Crippen LogP contribution is 2.34. The van der Waals surface area contributed by atoms with Crippen LogP contribution in [-0.2, 0) is 19.4 Å².